The molecule has 0 saturated heterocycles. The highest BCUT2D eigenvalue weighted by atomic mass is 32.2. The monoisotopic (exact) mass is 614 g/mol. The van der Waals surface area contributed by atoms with Crippen LogP contribution in [-0.4, -0.2) is 43.1 Å². The molecule has 1 heterocycles. The SMILES string of the molecule is COC(=O)[C@H](CSCc1ccc(-c2cccc(CN3CCCc4ccc(C(F)(F)F)cc43)c2)cc1)NC(=O)OC(C)(C)C. The van der Waals surface area contributed by atoms with E-state index in [0.717, 1.165) is 40.7 Å². The predicted molar refractivity (Wildman–Crippen MR) is 164 cm³/mol. The lowest BCUT2D eigenvalue weighted by atomic mass is 9.98. The van der Waals surface area contributed by atoms with Crippen LogP contribution in [0.5, 0.6) is 0 Å². The Morgan fingerprint density at radius 3 is 2.40 bits per heavy atom. The van der Waals surface area contributed by atoms with Gasteiger partial charge in [-0.3, -0.25) is 0 Å². The van der Waals surface area contributed by atoms with Gasteiger partial charge in [-0.05, 0) is 79.6 Å². The number of esters is 1. The number of nitrogens with one attached hydrogen (secondary N) is 1. The van der Waals surface area contributed by atoms with E-state index in [4.69, 9.17) is 9.47 Å². The zero-order valence-electron chi connectivity index (χ0n) is 24.8. The fourth-order valence-electron chi connectivity index (χ4n) is 4.91. The standard InChI is InChI=1S/C33H37F3N2O4S/c1-32(2,3)42-31(40)37-28(30(39)41-4)21-43-20-22-10-12-24(13-11-22)26-8-5-7-23(17-26)19-38-16-6-9-25-14-15-27(18-29(25)38)33(34,35)36/h5,7-8,10-15,17-18,28H,6,9,16,19-21H2,1-4H3,(H,37,40)/t28-/m0/s1. The highest BCUT2D eigenvalue weighted by Gasteiger charge is 2.32. The molecule has 3 aromatic carbocycles. The van der Waals surface area contributed by atoms with Crippen molar-refractivity contribution in [3.63, 3.8) is 0 Å². The molecule has 43 heavy (non-hydrogen) atoms. The summed E-state index contributed by atoms with van der Waals surface area (Å²) >= 11 is 1.49. The Kier molecular flexibility index (Phi) is 10.3. The Hall–Kier alpha value is -3.66. The molecule has 6 nitrogen and oxygen atoms in total. The number of thioether (sulfide) groups is 1. The molecule has 10 heteroatoms. The number of halogens is 3. The van der Waals surface area contributed by atoms with Crippen molar-refractivity contribution in [2.75, 3.05) is 24.3 Å². The third kappa shape index (κ3) is 9.16. The minimum atomic E-state index is -4.37. The van der Waals surface area contributed by atoms with Crippen LogP contribution in [-0.2, 0) is 39.2 Å². The summed E-state index contributed by atoms with van der Waals surface area (Å²) in [6.45, 7) is 6.47. The Morgan fingerprint density at radius 2 is 1.72 bits per heavy atom. The maximum atomic E-state index is 13.4. The van der Waals surface area contributed by atoms with Gasteiger partial charge in [0, 0.05) is 30.3 Å². The topological polar surface area (TPSA) is 67.9 Å². The third-order valence-electron chi connectivity index (χ3n) is 6.95. The van der Waals surface area contributed by atoms with Crippen LogP contribution in [0.15, 0.2) is 66.7 Å². The largest absolute Gasteiger partial charge is 0.467 e. The first kappa shape index (κ1) is 32.3. The first-order valence-corrected chi connectivity index (χ1v) is 15.3. The molecular formula is C33H37F3N2O4S. The summed E-state index contributed by atoms with van der Waals surface area (Å²) in [6, 6.07) is 19.4. The van der Waals surface area contributed by atoms with Crippen LogP contribution in [0.25, 0.3) is 11.1 Å². The number of anilines is 1. The van der Waals surface area contributed by atoms with Crippen molar-refractivity contribution in [2.24, 2.45) is 0 Å². The average molecular weight is 615 g/mol. The number of alkyl halides is 3. The molecular weight excluding hydrogens is 577 g/mol. The number of hydrogen-bond acceptors (Lipinski definition) is 6. The van der Waals surface area contributed by atoms with Crippen LogP contribution in [0.3, 0.4) is 0 Å². The lowest BCUT2D eigenvalue weighted by Crippen LogP contribution is -2.45. The number of aryl methyl sites for hydroxylation is 1. The van der Waals surface area contributed by atoms with E-state index in [1.54, 1.807) is 26.8 Å². The molecule has 1 atom stereocenters. The van der Waals surface area contributed by atoms with E-state index in [-0.39, 0.29) is 0 Å². The summed E-state index contributed by atoms with van der Waals surface area (Å²) in [4.78, 5) is 26.3. The minimum Gasteiger partial charge on any atom is -0.467 e. The van der Waals surface area contributed by atoms with Crippen LogP contribution < -0.4 is 10.2 Å². The zero-order valence-corrected chi connectivity index (χ0v) is 25.6. The number of nitrogens with zero attached hydrogens (tertiary/aromatic N) is 1. The molecule has 0 aliphatic carbocycles. The first-order valence-electron chi connectivity index (χ1n) is 14.1. The maximum Gasteiger partial charge on any atom is 0.416 e. The van der Waals surface area contributed by atoms with E-state index >= 15 is 0 Å². The number of ether oxygens (including phenoxy) is 2. The van der Waals surface area contributed by atoms with Gasteiger partial charge in [0.25, 0.3) is 0 Å². The van der Waals surface area contributed by atoms with Crippen molar-refractivity contribution in [3.05, 3.63) is 89.0 Å². The van der Waals surface area contributed by atoms with Crippen molar-refractivity contribution >= 4 is 29.5 Å². The van der Waals surface area contributed by atoms with E-state index in [0.29, 0.717) is 30.3 Å². The normalized spacial score (nSPS) is 14.1. The van der Waals surface area contributed by atoms with Gasteiger partial charge in [0.1, 0.15) is 11.6 Å². The molecule has 1 amide bonds. The summed E-state index contributed by atoms with van der Waals surface area (Å²) in [5, 5.41) is 2.58. The van der Waals surface area contributed by atoms with Gasteiger partial charge in [0.05, 0.1) is 12.7 Å². The Labute approximate surface area is 254 Å². The second kappa shape index (κ2) is 13.8. The van der Waals surface area contributed by atoms with Crippen LogP contribution in [0.2, 0.25) is 0 Å². The van der Waals surface area contributed by atoms with Gasteiger partial charge in [-0.2, -0.15) is 24.9 Å². The van der Waals surface area contributed by atoms with Gasteiger partial charge in [-0.25, -0.2) is 9.59 Å². The van der Waals surface area contributed by atoms with Gasteiger partial charge in [-0.15, -0.1) is 0 Å². The number of amides is 1. The van der Waals surface area contributed by atoms with E-state index < -0.39 is 35.4 Å². The highest BCUT2D eigenvalue weighted by Crippen LogP contribution is 2.36. The molecule has 0 bridgehead atoms. The fourth-order valence-corrected chi connectivity index (χ4v) is 5.91. The van der Waals surface area contributed by atoms with Gasteiger partial charge >= 0.3 is 18.2 Å². The Balaban J connectivity index is 1.38. The zero-order chi connectivity index (χ0) is 31.2. The van der Waals surface area contributed by atoms with Crippen LogP contribution in [0.1, 0.15) is 49.4 Å². The summed E-state index contributed by atoms with van der Waals surface area (Å²) in [6.07, 6.45) is -3.37. The summed E-state index contributed by atoms with van der Waals surface area (Å²) in [5.41, 5.74) is 4.42. The summed E-state index contributed by atoms with van der Waals surface area (Å²) < 4.78 is 50.2. The van der Waals surface area contributed by atoms with Crippen molar-refractivity contribution in [1.82, 2.24) is 5.32 Å². The van der Waals surface area contributed by atoms with E-state index in [2.05, 4.69) is 11.4 Å². The molecule has 1 aliphatic rings. The Morgan fingerprint density at radius 1 is 0.977 bits per heavy atom. The van der Waals surface area contributed by atoms with Gasteiger partial charge in [0.15, 0.2) is 0 Å². The smallest absolute Gasteiger partial charge is 0.416 e. The Bertz CT molecular complexity index is 1420. The fraction of sp³-hybridized carbons (Fsp3) is 0.394. The first-order chi connectivity index (χ1) is 20.3. The maximum absolute atomic E-state index is 13.4. The molecule has 0 fully saturated rings. The number of carbonyl (C=O) groups excluding carboxylic acids is 2. The molecule has 0 spiro atoms. The number of fused-ring (bicyclic) bond motifs is 1. The average Bonchev–Trinajstić information content (AvgIpc) is 2.95. The van der Waals surface area contributed by atoms with E-state index in [9.17, 15) is 22.8 Å². The quantitative estimate of drug-likeness (QED) is 0.250. The van der Waals surface area contributed by atoms with E-state index in [1.807, 2.05) is 47.4 Å². The van der Waals surface area contributed by atoms with Gasteiger partial charge in [-0.1, -0.05) is 48.5 Å². The van der Waals surface area contributed by atoms with Crippen molar-refractivity contribution in [1.29, 1.82) is 0 Å². The number of methoxy groups -OCH3 is 1. The predicted octanol–water partition coefficient (Wildman–Crippen LogP) is 7.62. The molecule has 3 aromatic rings. The minimum absolute atomic E-state index is 0.319. The molecule has 0 radical (unpaired) electrons. The molecule has 1 aliphatic heterocycles. The lowest BCUT2D eigenvalue weighted by Gasteiger charge is -2.32. The van der Waals surface area contributed by atoms with Crippen molar-refractivity contribution in [2.45, 2.75) is 63.7 Å². The van der Waals surface area contributed by atoms with Crippen LogP contribution in [0.4, 0.5) is 23.7 Å². The van der Waals surface area contributed by atoms with E-state index in [1.165, 1.54) is 31.0 Å². The highest BCUT2D eigenvalue weighted by molar-refractivity contribution is 7.98. The number of hydrogen-bond donors (Lipinski definition) is 1. The van der Waals surface area contributed by atoms with Crippen LogP contribution >= 0.6 is 11.8 Å². The number of carbonyl (C=O) groups is 2. The summed E-state index contributed by atoms with van der Waals surface area (Å²) in [5.74, 6) is 0.403. The van der Waals surface area contributed by atoms with Crippen molar-refractivity contribution < 1.29 is 32.2 Å². The lowest BCUT2D eigenvalue weighted by molar-refractivity contribution is -0.142. The molecule has 4 rings (SSSR count). The molecule has 1 N–H and O–H groups in total. The summed E-state index contributed by atoms with van der Waals surface area (Å²) in [7, 11) is 1.28. The molecule has 0 unspecified atom stereocenters. The molecule has 0 aromatic heterocycles. The number of benzene rings is 3. The second-order valence-electron chi connectivity index (χ2n) is 11.5. The second-order valence-corrected chi connectivity index (χ2v) is 12.5. The number of alkyl carbamates (subject to hydrolysis) is 1. The molecule has 230 valence electrons. The van der Waals surface area contributed by atoms with Crippen LogP contribution in [0, 0.1) is 0 Å². The van der Waals surface area contributed by atoms with Gasteiger partial charge in [0.2, 0.25) is 0 Å². The molecule has 0 saturated carbocycles. The third-order valence-corrected chi connectivity index (χ3v) is 8.05. The van der Waals surface area contributed by atoms with Gasteiger partial charge < -0.3 is 19.7 Å². The number of rotatable bonds is 9. The van der Waals surface area contributed by atoms with Crippen molar-refractivity contribution in [3.8, 4) is 11.1 Å².